The Bertz CT molecular complexity index is 391. The third-order valence-corrected chi connectivity index (χ3v) is 3.82. The van der Waals surface area contributed by atoms with Gasteiger partial charge in [-0.25, -0.2) is 0 Å². The van der Waals surface area contributed by atoms with Crippen LogP contribution in [0.3, 0.4) is 0 Å². The molecule has 2 unspecified atom stereocenters. The van der Waals surface area contributed by atoms with Crippen molar-refractivity contribution in [1.82, 2.24) is 15.2 Å². The maximum absolute atomic E-state index is 4.23. The van der Waals surface area contributed by atoms with E-state index in [1.165, 1.54) is 11.3 Å². The second-order valence-corrected chi connectivity index (χ2v) is 5.45. The molecule has 0 aliphatic carbocycles. The highest BCUT2D eigenvalue weighted by atomic mass is 15.2. The number of hydrogen-bond donors (Lipinski definition) is 1. The van der Waals surface area contributed by atoms with E-state index in [4.69, 9.17) is 0 Å². The highest BCUT2D eigenvalue weighted by Crippen LogP contribution is 2.28. The van der Waals surface area contributed by atoms with Crippen LogP contribution in [0.4, 0.5) is 5.69 Å². The van der Waals surface area contributed by atoms with Crippen LogP contribution < -0.4 is 10.2 Å². The highest BCUT2D eigenvalue weighted by Gasteiger charge is 2.31. The van der Waals surface area contributed by atoms with Crippen LogP contribution >= 0.6 is 0 Å². The molecule has 1 N–H and O–H groups in total. The largest absolute Gasteiger partial charge is 0.369 e. The van der Waals surface area contributed by atoms with E-state index in [-0.39, 0.29) is 0 Å². The number of pyridine rings is 1. The van der Waals surface area contributed by atoms with Gasteiger partial charge in [-0.15, -0.1) is 0 Å². The van der Waals surface area contributed by atoms with Gasteiger partial charge in [0.2, 0.25) is 0 Å². The molecule has 1 aliphatic heterocycles. The van der Waals surface area contributed by atoms with Gasteiger partial charge in [-0.2, -0.15) is 0 Å². The lowest BCUT2D eigenvalue weighted by atomic mass is 10.1. The van der Waals surface area contributed by atoms with E-state index in [2.05, 4.69) is 47.2 Å². The van der Waals surface area contributed by atoms with Crippen LogP contribution in [0.15, 0.2) is 18.5 Å². The number of anilines is 1. The lowest BCUT2D eigenvalue weighted by Crippen LogP contribution is -2.34. The van der Waals surface area contributed by atoms with Gasteiger partial charge in [-0.1, -0.05) is 6.92 Å². The van der Waals surface area contributed by atoms with Crippen LogP contribution in [0.5, 0.6) is 0 Å². The standard InChI is InChI=1S/C14H24N4/c1-11-9-18(10-14(11)17(3)4)13-5-6-16-8-12(13)7-15-2/h5-6,8,11,14-15H,7,9-10H2,1-4H3. The molecular weight excluding hydrogens is 224 g/mol. The normalized spacial score (nSPS) is 23.9. The molecule has 4 heteroatoms. The molecule has 18 heavy (non-hydrogen) atoms. The summed E-state index contributed by atoms with van der Waals surface area (Å²) in [6.07, 6.45) is 3.86. The SMILES string of the molecule is CNCc1cnccc1N1CC(C)C(N(C)C)C1. The predicted octanol–water partition coefficient (Wildman–Crippen LogP) is 1.19. The molecule has 100 valence electrons. The van der Waals surface area contributed by atoms with Gasteiger partial charge < -0.3 is 15.1 Å². The average molecular weight is 248 g/mol. The summed E-state index contributed by atoms with van der Waals surface area (Å²) in [5, 5.41) is 3.22. The molecule has 4 nitrogen and oxygen atoms in total. The summed E-state index contributed by atoms with van der Waals surface area (Å²) in [4.78, 5) is 9.06. The number of likely N-dealkylation sites (N-methyl/N-ethyl adjacent to an activating group) is 1. The molecule has 2 atom stereocenters. The molecular formula is C14H24N4. The first-order valence-electron chi connectivity index (χ1n) is 6.62. The number of aromatic nitrogens is 1. The number of hydrogen-bond acceptors (Lipinski definition) is 4. The zero-order valence-corrected chi connectivity index (χ0v) is 11.8. The first kappa shape index (κ1) is 13.3. The Kier molecular flexibility index (Phi) is 4.19. The van der Waals surface area contributed by atoms with E-state index in [9.17, 15) is 0 Å². The Morgan fingerprint density at radius 1 is 1.44 bits per heavy atom. The van der Waals surface area contributed by atoms with Gasteiger partial charge >= 0.3 is 0 Å². The number of nitrogens with one attached hydrogen (secondary N) is 1. The van der Waals surface area contributed by atoms with Gasteiger partial charge in [0.05, 0.1) is 0 Å². The van der Waals surface area contributed by atoms with Gasteiger partial charge in [0, 0.05) is 49.3 Å². The van der Waals surface area contributed by atoms with Crippen molar-refractivity contribution < 1.29 is 0 Å². The highest BCUT2D eigenvalue weighted by molar-refractivity contribution is 5.53. The topological polar surface area (TPSA) is 31.4 Å². The fourth-order valence-electron chi connectivity index (χ4n) is 2.87. The van der Waals surface area contributed by atoms with E-state index in [1.807, 2.05) is 19.4 Å². The lowest BCUT2D eigenvalue weighted by molar-refractivity contribution is 0.266. The molecule has 2 rings (SSSR count). The summed E-state index contributed by atoms with van der Waals surface area (Å²) in [7, 11) is 6.32. The minimum atomic E-state index is 0.639. The molecule has 0 bridgehead atoms. The van der Waals surface area contributed by atoms with Crippen molar-refractivity contribution in [3.8, 4) is 0 Å². The Morgan fingerprint density at radius 2 is 2.22 bits per heavy atom. The van der Waals surface area contributed by atoms with Crippen molar-refractivity contribution >= 4 is 5.69 Å². The van der Waals surface area contributed by atoms with Crippen LogP contribution in [-0.4, -0.2) is 50.2 Å². The molecule has 0 aromatic carbocycles. The predicted molar refractivity (Wildman–Crippen MR) is 75.9 cm³/mol. The van der Waals surface area contributed by atoms with Crippen molar-refractivity contribution in [3.63, 3.8) is 0 Å². The second kappa shape index (κ2) is 5.67. The molecule has 0 spiro atoms. The molecule has 1 aliphatic rings. The monoisotopic (exact) mass is 248 g/mol. The molecule has 1 saturated heterocycles. The van der Waals surface area contributed by atoms with Gasteiger partial charge in [-0.3, -0.25) is 4.98 Å². The van der Waals surface area contributed by atoms with Crippen LogP contribution in [0.25, 0.3) is 0 Å². The minimum absolute atomic E-state index is 0.639. The Morgan fingerprint density at radius 3 is 2.83 bits per heavy atom. The molecule has 0 saturated carbocycles. The van der Waals surface area contributed by atoms with E-state index < -0.39 is 0 Å². The summed E-state index contributed by atoms with van der Waals surface area (Å²) >= 11 is 0. The van der Waals surface area contributed by atoms with Crippen LogP contribution in [0, 0.1) is 5.92 Å². The quantitative estimate of drug-likeness (QED) is 0.867. The van der Waals surface area contributed by atoms with Gasteiger partial charge in [0.15, 0.2) is 0 Å². The van der Waals surface area contributed by atoms with Crippen LogP contribution in [0.1, 0.15) is 12.5 Å². The second-order valence-electron chi connectivity index (χ2n) is 5.45. The number of nitrogens with zero attached hydrogens (tertiary/aromatic N) is 3. The molecule has 1 aromatic rings. The zero-order valence-electron chi connectivity index (χ0n) is 11.8. The zero-order chi connectivity index (χ0) is 13.1. The maximum Gasteiger partial charge on any atom is 0.0443 e. The van der Waals surface area contributed by atoms with Gasteiger partial charge in [-0.05, 0) is 33.1 Å². The summed E-state index contributed by atoms with van der Waals surface area (Å²) in [5.74, 6) is 0.704. The fourth-order valence-corrected chi connectivity index (χ4v) is 2.87. The summed E-state index contributed by atoms with van der Waals surface area (Å²) in [5.41, 5.74) is 2.61. The van der Waals surface area contributed by atoms with Crippen molar-refractivity contribution in [2.24, 2.45) is 5.92 Å². The number of rotatable bonds is 4. The third kappa shape index (κ3) is 2.65. The third-order valence-electron chi connectivity index (χ3n) is 3.82. The lowest BCUT2D eigenvalue weighted by Gasteiger charge is -2.24. The molecule has 0 radical (unpaired) electrons. The fraction of sp³-hybridized carbons (Fsp3) is 0.643. The first-order valence-corrected chi connectivity index (χ1v) is 6.62. The molecule has 1 fully saturated rings. The van der Waals surface area contributed by atoms with Gasteiger partial charge in [0.25, 0.3) is 0 Å². The van der Waals surface area contributed by atoms with E-state index >= 15 is 0 Å². The molecule has 0 amide bonds. The minimum Gasteiger partial charge on any atom is -0.369 e. The Labute approximate surface area is 110 Å². The van der Waals surface area contributed by atoms with Crippen molar-refractivity contribution in [2.75, 3.05) is 39.1 Å². The average Bonchev–Trinajstić information content (AvgIpc) is 2.72. The van der Waals surface area contributed by atoms with Crippen LogP contribution in [0.2, 0.25) is 0 Å². The smallest absolute Gasteiger partial charge is 0.0443 e. The summed E-state index contributed by atoms with van der Waals surface area (Å²) in [6, 6.07) is 2.78. The van der Waals surface area contributed by atoms with E-state index in [1.54, 1.807) is 0 Å². The maximum atomic E-state index is 4.23. The summed E-state index contributed by atoms with van der Waals surface area (Å²) in [6.45, 7) is 5.45. The Balaban J connectivity index is 2.18. The van der Waals surface area contributed by atoms with Crippen molar-refractivity contribution in [1.29, 1.82) is 0 Å². The van der Waals surface area contributed by atoms with Gasteiger partial charge in [0.1, 0.15) is 0 Å². The van der Waals surface area contributed by atoms with Crippen molar-refractivity contribution in [3.05, 3.63) is 24.0 Å². The van der Waals surface area contributed by atoms with E-state index in [0.717, 1.165) is 19.6 Å². The molecule has 2 heterocycles. The summed E-state index contributed by atoms with van der Waals surface area (Å²) < 4.78 is 0. The van der Waals surface area contributed by atoms with Crippen LogP contribution in [-0.2, 0) is 6.54 Å². The molecule has 1 aromatic heterocycles. The van der Waals surface area contributed by atoms with Crippen molar-refractivity contribution in [2.45, 2.75) is 19.5 Å². The van der Waals surface area contributed by atoms with E-state index in [0.29, 0.717) is 12.0 Å². The Hall–Kier alpha value is -1.13. The first-order chi connectivity index (χ1) is 8.63.